The number of hydrogen-bond donors (Lipinski definition) is 2. The lowest BCUT2D eigenvalue weighted by atomic mass is 10.2. The van der Waals surface area contributed by atoms with Crippen molar-refractivity contribution < 1.29 is 14.3 Å². The van der Waals surface area contributed by atoms with Gasteiger partial charge in [-0.25, -0.2) is 5.43 Å². The van der Waals surface area contributed by atoms with Gasteiger partial charge in [-0.15, -0.1) is 0 Å². The van der Waals surface area contributed by atoms with Crippen molar-refractivity contribution in [3.8, 4) is 11.5 Å². The summed E-state index contributed by atoms with van der Waals surface area (Å²) in [6, 6.07) is 18.9. The molecule has 2 heterocycles. The number of ether oxygens (including phenoxy) is 2. The van der Waals surface area contributed by atoms with Crippen LogP contribution in [-0.2, 0) is 11.3 Å². The number of amides is 1. The standard InChI is InChI=1S/C25H20Cl2N4O3/c26-18-6-5-16(21(27)9-18)13-31-14-17(20-3-1-2-4-22(20)31)11-29-30-25(32)12-28-19-7-8-23-24(10-19)34-15-33-23/h1-11,14,28H,12-13,15H2,(H,30,32)/b29-11+. The van der Waals surface area contributed by atoms with Crippen LogP contribution in [0.3, 0.4) is 0 Å². The van der Waals surface area contributed by atoms with E-state index in [4.69, 9.17) is 32.7 Å². The molecule has 1 aliphatic heterocycles. The Morgan fingerprint density at radius 2 is 1.91 bits per heavy atom. The fourth-order valence-corrected chi connectivity index (χ4v) is 4.21. The Morgan fingerprint density at radius 1 is 1.06 bits per heavy atom. The number of carbonyl (C=O) groups is 1. The van der Waals surface area contributed by atoms with Gasteiger partial charge in [-0.05, 0) is 35.9 Å². The number of nitrogens with one attached hydrogen (secondary N) is 2. The third-order valence-corrected chi connectivity index (χ3v) is 5.98. The van der Waals surface area contributed by atoms with Gasteiger partial charge in [0.15, 0.2) is 11.5 Å². The van der Waals surface area contributed by atoms with Gasteiger partial charge in [0.1, 0.15) is 0 Å². The van der Waals surface area contributed by atoms with Crippen LogP contribution in [-0.4, -0.2) is 30.0 Å². The predicted octanol–water partition coefficient (Wildman–Crippen LogP) is 5.29. The number of benzene rings is 3. The van der Waals surface area contributed by atoms with Crippen LogP contribution in [0, 0.1) is 0 Å². The molecule has 0 radical (unpaired) electrons. The monoisotopic (exact) mass is 494 g/mol. The fraction of sp³-hybridized carbons (Fsp3) is 0.120. The van der Waals surface area contributed by atoms with Crippen LogP contribution < -0.4 is 20.2 Å². The van der Waals surface area contributed by atoms with Gasteiger partial charge in [0.2, 0.25) is 6.79 Å². The zero-order valence-corrected chi connectivity index (χ0v) is 19.4. The summed E-state index contributed by atoms with van der Waals surface area (Å²) in [5.74, 6) is 1.07. The zero-order valence-electron chi connectivity index (χ0n) is 17.9. The summed E-state index contributed by atoms with van der Waals surface area (Å²) in [5.41, 5.74) is 6.19. The second kappa shape index (κ2) is 9.67. The minimum Gasteiger partial charge on any atom is -0.454 e. The summed E-state index contributed by atoms with van der Waals surface area (Å²) in [5, 5.41) is 9.42. The molecule has 0 bridgehead atoms. The summed E-state index contributed by atoms with van der Waals surface area (Å²) in [7, 11) is 0. The van der Waals surface area contributed by atoms with Gasteiger partial charge < -0.3 is 19.4 Å². The first-order valence-corrected chi connectivity index (χ1v) is 11.3. The van der Waals surface area contributed by atoms with Gasteiger partial charge in [-0.3, -0.25) is 4.79 Å². The SMILES string of the molecule is O=C(CNc1ccc2c(c1)OCO2)N/N=C/c1cn(Cc2ccc(Cl)cc2Cl)c2ccccc12. The van der Waals surface area contributed by atoms with E-state index in [1.54, 1.807) is 24.4 Å². The minimum absolute atomic E-state index is 0.0633. The van der Waals surface area contributed by atoms with Crippen molar-refractivity contribution in [3.05, 3.63) is 88.0 Å². The fourth-order valence-electron chi connectivity index (χ4n) is 3.74. The van der Waals surface area contributed by atoms with Crippen molar-refractivity contribution in [2.24, 2.45) is 5.10 Å². The lowest BCUT2D eigenvalue weighted by Crippen LogP contribution is -2.25. The molecule has 5 rings (SSSR count). The van der Waals surface area contributed by atoms with Crippen molar-refractivity contribution in [1.82, 2.24) is 9.99 Å². The van der Waals surface area contributed by atoms with E-state index >= 15 is 0 Å². The first-order chi connectivity index (χ1) is 16.6. The van der Waals surface area contributed by atoms with Crippen LogP contribution in [0.15, 0.2) is 72.0 Å². The lowest BCUT2D eigenvalue weighted by Gasteiger charge is -2.08. The highest BCUT2D eigenvalue weighted by molar-refractivity contribution is 6.35. The van der Waals surface area contributed by atoms with E-state index in [0.717, 1.165) is 27.7 Å². The highest BCUT2D eigenvalue weighted by Gasteiger charge is 2.13. The number of halogens is 2. The number of nitrogens with zero attached hydrogens (tertiary/aromatic N) is 2. The molecule has 3 aromatic carbocycles. The second-order valence-corrected chi connectivity index (χ2v) is 8.52. The molecule has 2 N–H and O–H groups in total. The molecular weight excluding hydrogens is 475 g/mol. The van der Waals surface area contributed by atoms with Gasteiger partial charge in [-0.2, -0.15) is 5.10 Å². The zero-order chi connectivity index (χ0) is 23.5. The quantitative estimate of drug-likeness (QED) is 0.270. The van der Waals surface area contributed by atoms with E-state index < -0.39 is 0 Å². The summed E-state index contributed by atoms with van der Waals surface area (Å²) < 4.78 is 12.7. The molecule has 4 aromatic rings. The number of carbonyl (C=O) groups excluding carboxylic acids is 1. The third kappa shape index (κ3) is 4.81. The molecule has 34 heavy (non-hydrogen) atoms. The molecule has 0 unspecified atom stereocenters. The van der Waals surface area contributed by atoms with Crippen LogP contribution in [0.2, 0.25) is 10.0 Å². The Kier molecular flexibility index (Phi) is 6.29. The van der Waals surface area contributed by atoms with E-state index in [0.29, 0.717) is 28.1 Å². The van der Waals surface area contributed by atoms with Gasteiger partial charge >= 0.3 is 0 Å². The highest BCUT2D eigenvalue weighted by Crippen LogP contribution is 2.34. The van der Waals surface area contributed by atoms with Crippen LogP contribution in [0.4, 0.5) is 5.69 Å². The number of hydrogen-bond acceptors (Lipinski definition) is 5. The smallest absolute Gasteiger partial charge is 0.259 e. The Bertz CT molecular complexity index is 1400. The van der Waals surface area contributed by atoms with Crippen molar-refractivity contribution in [3.63, 3.8) is 0 Å². The number of rotatable bonds is 7. The van der Waals surface area contributed by atoms with Gasteiger partial charge in [-0.1, -0.05) is 47.5 Å². The van der Waals surface area contributed by atoms with Crippen LogP contribution in [0.25, 0.3) is 10.9 Å². The molecule has 9 heteroatoms. The van der Waals surface area contributed by atoms with Crippen molar-refractivity contribution in [1.29, 1.82) is 0 Å². The number of fused-ring (bicyclic) bond motifs is 2. The van der Waals surface area contributed by atoms with Gasteiger partial charge in [0.05, 0.1) is 12.8 Å². The summed E-state index contributed by atoms with van der Waals surface area (Å²) >= 11 is 12.4. The van der Waals surface area contributed by atoms with Crippen molar-refractivity contribution in [2.75, 3.05) is 18.7 Å². The Hall–Kier alpha value is -3.68. The molecule has 1 amide bonds. The maximum Gasteiger partial charge on any atom is 0.259 e. The normalized spacial score (nSPS) is 12.4. The topological polar surface area (TPSA) is 76.9 Å². The van der Waals surface area contributed by atoms with E-state index in [-0.39, 0.29) is 19.2 Å². The Morgan fingerprint density at radius 3 is 2.79 bits per heavy atom. The predicted molar refractivity (Wildman–Crippen MR) is 134 cm³/mol. The maximum atomic E-state index is 12.2. The van der Waals surface area contributed by atoms with E-state index in [9.17, 15) is 4.79 Å². The highest BCUT2D eigenvalue weighted by atomic mass is 35.5. The van der Waals surface area contributed by atoms with Crippen LogP contribution >= 0.6 is 23.2 Å². The molecule has 172 valence electrons. The maximum absolute atomic E-state index is 12.2. The molecule has 1 aliphatic rings. The molecular formula is C25H20Cl2N4O3. The number of aromatic nitrogens is 1. The Balaban J connectivity index is 1.25. The number of hydrazone groups is 1. The molecule has 0 fully saturated rings. The molecule has 0 aliphatic carbocycles. The van der Waals surface area contributed by atoms with Crippen LogP contribution in [0.5, 0.6) is 11.5 Å². The summed E-state index contributed by atoms with van der Waals surface area (Å²) in [6.45, 7) is 0.848. The van der Waals surface area contributed by atoms with Crippen LogP contribution in [0.1, 0.15) is 11.1 Å². The van der Waals surface area contributed by atoms with E-state index in [1.165, 1.54) is 0 Å². The molecule has 0 saturated carbocycles. The summed E-state index contributed by atoms with van der Waals surface area (Å²) in [6.07, 6.45) is 3.62. The second-order valence-electron chi connectivity index (χ2n) is 7.68. The minimum atomic E-state index is -0.273. The van der Waals surface area contributed by atoms with E-state index in [2.05, 4.69) is 20.4 Å². The first kappa shape index (κ1) is 22.1. The van der Waals surface area contributed by atoms with Gasteiger partial charge in [0.25, 0.3) is 5.91 Å². The number of para-hydroxylation sites is 1. The van der Waals surface area contributed by atoms with E-state index in [1.807, 2.05) is 48.7 Å². The molecule has 7 nitrogen and oxygen atoms in total. The molecule has 0 atom stereocenters. The largest absolute Gasteiger partial charge is 0.454 e. The van der Waals surface area contributed by atoms with Crippen molar-refractivity contribution >= 4 is 51.9 Å². The third-order valence-electron chi connectivity index (χ3n) is 5.39. The molecule has 0 saturated heterocycles. The van der Waals surface area contributed by atoms with Crippen molar-refractivity contribution in [2.45, 2.75) is 6.54 Å². The first-order valence-electron chi connectivity index (χ1n) is 10.5. The molecule has 1 aromatic heterocycles. The molecule has 0 spiro atoms. The summed E-state index contributed by atoms with van der Waals surface area (Å²) in [4.78, 5) is 12.2. The lowest BCUT2D eigenvalue weighted by molar-refractivity contribution is -0.119. The van der Waals surface area contributed by atoms with Gasteiger partial charge in [0, 0.05) is 51.0 Å². The Labute approximate surface area is 205 Å². The average Bonchev–Trinajstić information content (AvgIpc) is 3.44. The number of anilines is 1. The average molecular weight is 495 g/mol.